The van der Waals surface area contributed by atoms with Gasteiger partial charge in [-0.1, -0.05) is 19.3 Å². The lowest BCUT2D eigenvalue weighted by Crippen LogP contribution is -2.44. The minimum absolute atomic E-state index is 0. The van der Waals surface area contributed by atoms with Crippen LogP contribution in [0.25, 0.3) is 0 Å². The van der Waals surface area contributed by atoms with Gasteiger partial charge < -0.3 is 11.1 Å². The largest absolute Gasteiger partial charge is 0.355 e. The Morgan fingerprint density at radius 1 is 1.09 bits per heavy atom. The molecule has 0 radical (unpaired) electrons. The van der Waals surface area contributed by atoms with Gasteiger partial charge in [-0.3, -0.25) is 9.69 Å². The monoisotopic (exact) mass is 369 g/mol. The van der Waals surface area contributed by atoms with E-state index in [2.05, 4.69) is 37.9 Å². The van der Waals surface area contributed by atoms with E-state index in [0.717, 1.165) is 25.9 Å². The molecule has 4 nitrogen and oxygen atoms in total. The van der Waals surface area contributed by atoms with Crippen LogP contribution in [0, 0.1) is 5.41 Å². The third kappa shape index (κ3) is 8.57. The number of nitrogens with two attached hydrogens (primary N) is 1. The van der Waals surface area contributed by atoms with Crippen LogP contribution in [0.4, 0.5) is 0 Å². The molecule has 140 valence electrons. The number of hydrogen-bond donors (Lipinski definition) is 2. The fraction of sp³-hybridized carbons (Fsp3) is 0.941. The van der Waals surface area contributed by atoms with E-state index in [-0.39, 0.29) is 36.1 Å². The zero-order chi connectivity index (χ0) is 15.9. The third-order valence-electron chi connectivity index (χ3n) is 4.90. The smallest absolute Gasteiger partial charge is 0.220 e. The number of amides is 1. The molecule has 1 fully saturated rings. The van der Waals surface area contributed by atoms with Gasteiger partial charge in [0.1, 0.15) is 0 Å². The summed E-state index contributed by atoms with van der Waals surface area (Å²) in [6.45, 7) is 11.1. The Morgan fingerprint density at radius 2 is 1.61 bits per heavy atom. The van der Waals surface area contributed by atoms with Crippen molar-refractivity contribution >= 4 is 30.7 Å². The summed E-state index contributed by atoms with van der Waals surface area (Å²) in [6.07, 6.45) is 6.56. The summed E-state index contributed by atoms with van der Waals surface area (Å²) in [5.74, 6) is 0.176. The lowest BCUT2D eigenvalue weighted by atomic mass is 9.71. The van der Waals surface area contributed by atoms with E-state index in [4.69, 9.17) is 5.73 Å². The minimum Gasteiger partial charge on any atom is -0.355 e. The molecule has 0 unspecified atom stereocenters. The van der Waals surface area contributed by atoms with Gasteiger partial charge in [-0.2, -0.15) is 0 Å². The number of nitrogens with zero attached hydrogens (tertiary/aromatic N) is 1. The summed E-state index contributed by atoms with van der Waals surface area (Å²) in [5.41, 5.74) is 6.02. The van der Waals surface area contributed by atoms with Crippen LogP contribution in [0.15, 0.2) is 0 Å². The lowest BCUT2D eigenvalue weighted by Gasteiger charge is -2.36. The highest BCUT2D eigenvalue weighted by Gasteiger charge is 2.32. The fourth-order valence-corrected chi connectivity index (χ4v) is 3.60. The first-order chi connectivity index (χ1) is 9.90. The zero-order valence-corrected chi connectivity index (χ0v) is 16.9. The van der Waals surface area contributed by atoms with E-state index in [0.29, 0.717) is 25.0 Å². The highest BCUT2D eigenvalue weighted by atomic mass is 35.5. The summed E-state index contributed by atoms with van der Waals surface area (Å²) >= 11 is 0. The Labute approximate surface area is 155 Å². The summed E-state index contributed by atoms with van der Waals surface area (Å²) in [7, 11) is 0. The van der Waals surface area contributed by atoms with E-state index in [1.165, 1.54) is 19.3 Å². The number of halogens is 2. The molecule has 0 aliphatic heterocycles. The van der Waals surface area contributed by atoms with Crippen molar-refractivity contribution in [1.29, 1.82) is 0 Å². The molecule has 0 spiro atoms. The van der Waals surface area contributed by atoms with Gasteiger partial charge in [-0.15, -0.1) is 24.8 Å². The standard InChI is InChI=1S/C17H35N3O.2ClH/c1-14(2)20(15(3)4)11-10-19-16(21)12-17(13-18)8-6-5-7-9-17;;/h14-15H,5-13,18H2,1-4H3,(H,19,21);2*1H. The van der Waals surface area contributed by atoms with Crippen LogP contribution in [0.1, 0.15) is 66.2 Å². The number of hydrogen-bond acceptors (Lipinski definition) is 3. The molecule has 1 aliphatic carbocycles. The maximum atomic E-state index is 12.2. The predicted octanol–water partition coefficient (Wildman–Crippen LogP) is 3.36. The first-order valence-corrected chi connectivity index (χ1v) is 8.63. The molecular weight excluding hydrogens is 333 g/mol. The van der Waals surface area contributed by atoms with E-state index in [1.54, 1.807) is 0 Å². The van der Waals surface area contributed by atoms with Gasteiger partial charge in [-0.05, 0) is 52.5 Å². The predicted molar refractivity (Wildman–Crippen MR) is 104 cm³/mol. The lowest BCUT2D eigenvalue weighted by molar-refractivity contribution is -0.124. The summed E-state index contributed by atoms with van der Waals surface area (Å²) in [4.78, 5) is 14.6. The van der Waals surface area contributed by atoms with Gasteiger partial charge in [-0.25, -0.2) is 0 Å². The van der Waals surface area contributed by atoms with Gasteiger partial charge in [0.25, 0.3) is 0 Å². The summed E-state index contributed by atoms with van der Waals surface area (Å²) in [5, 5.41) is 3.09. The van der Waals surface area contributed by atoms with E-state index in [1.807, 2.05) is 0 Å². The molecule has 1 rings (SSSR count). The second kappa shape index (κ2) is 12.3. The first kappa shape index (κ1) is 25.2. The van der Waals surface area contributed by atoms with Crippen molar-refractivity contribution in [3.8, 4) is 0 Å². The van der Waals surface area contributed by atoms with Crippen LogP contribution in [0.3, 0.4) is 0 Å². The molecular formula is C17H37Cl2N3O. The Kier molecular flexibility index (Phi) is 13.5. The molecule has 3 N–H and O–H groups in total. The maximum absolute atomic E-state index is 12.2. The van der Waals surface area contributed by atoms with Gasteiger partial charge in [0.2, 0.25) is 5.91 Å². The molecule has 1 saturated carbocycles. The maximum Gasteiger partial charge on any atom is 0.220 e. The average Bonchev–Trinajstić information content (AvgIpc) is 2.43. The Hall–Kier alpha value is -0.0300. The fourth-order valence-electron chi connectivity index (χ4n) is 3.60. The van der Waals surface area contributed by atoms with Crippen molar-refractivity contribution in [1.82, 2.24) is 10.2 Å². The number of nitrogens with one attached hydrogen (secondary N) is 1. The molecule has 1 amide bonds. The SMILES string of the molecule is CC(C)N(CCNC(=O)CC1(CN)CCCCC1)C(C)C.Cl.Cl. The highest BCUT2D eigenvalue weighted by Crippen LogP contribution is 2.38. The summed E-state index contributed by atoms with van der Waals surface area (Å²) < 4.78 is 0. The normalized spacial score (nSPS) is 16.9. The van der Waals surface area contributed by atoms with Crippen molar-refractivity contribution < 1.29 is 4.79 Å². The Morgan fingerprint density at radius 3 is 2.04 bits per heavy atom. The van der Waals surface area contributed by atoms with Crippen LogP contribution < -0.4 is 11.1 Å². The molecule has 1 aliphatic rings. The molecule has 0 atom stereocenters. The van der Waals surface area contributed by atoms with Gasteiger partial charge in [0.05, 0.1) is 0 Å². The van der Waals surface area contributed by atoms with Crippen LogP contribution in [0.2, 0.25) is 0 Å². The third-order valence-corrected chi connectivity index (χ3v) is 4.90. The first-order valence-electron chi connectivity index (χ1n) is 8.63. The van der Waals surface area contributed by atoms with Crippen molar-refractivity contribution in [3.05, 3.63) is 0 Å². The second-order valence-corrected chi connectivity index (χ2v) is 7.22. The highest BCUT2D eigenvalue weighted by molar-refractivity contribution is 5.85. The quantitative estimate of drug-likeness (QED) is 0.689. The van der Waals surface area contributed by atoms with E-state index >= 15 is 0 Å². The Bertz CT molecular complexity index is 311. The molecule has 0 aromatic carbocycles. The van der Waals surface area contributed by atoms with Crippen LogP contribution in [-0.2, 0) is 4.79 Å². The van der Waals surface area contributed by atoms with Crippen molar-refractivity contribution in [2.45, 2.75) is 78.3 Å². The van der Waals surface area contributed by atoms with Crippen molar-refractivity contribution in [3.63, 3.8) is 0 Å². The molecule has 0 heterocycles. The van der Waals surface area contributed by atoms with Crippen molar-refractivity contribution in [2.24, 2.45) is 11.1 Å². The number of carbonyl (C=O) groups is 1. The molecule has 6 heteroatoms. The molecule has 0 bridgehead atoms. The minimum atomic E-state index is 0. The van der Waals surface area contributed by atoms with E-state index in [9.17, 15) is 4.79 Å². The van der Waals surface area contributed by atoms with Gasteiger partial charge >= 0.3 is 0 Å². The van der Waals surface area contributed by atoms with Crippen molar-refractivity contribution in [2.75, 3.05) is 19.6 Å². The molecule has 0 aromatic heterocycles. The summed E-state index contributed by atoms with van der Waals surface area (Å²) in [6, 6.07) is 1.02. The van der Waals surface area contributed by atoms with Gasteiger partial charge in [0.15, 0.2) is 0 Å². The number of rotatable bonds is 8. The van der Waals surface area contributed by atoms with Crippen LogP contribution in [0.5, 0.6) is 0 Å². The van der Waals surface area contributed by atoms with Gasteiger partial charge in [0, 0.05) is 31.6 Å². The van der Waals surface area contributed by atoms with Crippen LogP contribution in [-0.4, -0.2) is 42.5 Å². The molecule has 23 heavy (non-hydrogen) atoms. The number of carbonyl (C=O) groups excluding carboxylic acids is 1. The molecule has 0 aromatic rings. The van der Waals surface area contributed by atoms with Crippen LogP contribution >= 0.6 is 24.8 Å². The average molecular weight is 370 g/mol. The Balaban J connectivity index is 0. The van der Waals surface area contributed by atoms with E-state index < -0.39 is 0 Å². The molecule has 0 saturated heterocycles. The second-order valence-electron chi connectivity index (χ2n) is 7.22. The zero-order valence-electron chi connectivity index (χ0n) is 15.3. The topological polar surface area (TPSA) is 58.4 Å².